The number of hydrogen-bond acceptors (Lipinski definition) is 3. The molecule has 0 bridgehead atoms. The minimum atomic E-state index is -1.12. The van der Waals surface area contributed by atoms with Gasteiger partial charge in [0.1, 0.15) is 19.0 Å². The van der Waals surface area contributed by atoms with Gasteiger partial charge in [-0.1, -0.05) is 15.9 Å². The molecular formula is C13H13BrFNO4. The zero-order valence-corrected chi connectivity index (χ0v) is 12.2. The van der Waals surface area contributed by atoms with Crippen molar-refractivity contribution < 1.29 is 23.8 Å². The molecule has 0 unspecified atom stereocenters. The normalized spacial score (nSPS) is 14.0. The molecule has 108 valence electrons. The van der Waals surface area contributed by atoms with E-state index in [4.69, 9.17) is 9.84 Å². The smallest absolute Gasteiger partial charge is 0.329 e. The number of fused-ring (bicyclic) bond motifs is 1. The number of ether oxygens (including phenoxy) is 1. The molecule has 0 saturated carbocycles. The monoisotopic (exact) mass is 345 g/mol. The first-order chi connectivity index (χ1) is 9.47. The summed E-state index contributed by atoms with van der Waals surface area (Å²) in [7, 11) is 0. The standard InChI is InChI=1S/C13H13BrFNO4/c14-9-3-8-5-16(2-1-10(8)11(15)4-9)12(17)6-20-7-13(18)19/h3-4H,1-2,5-7H2,(H,18,19). The lowest BCUT2D eigenvalue weighted by Crippen LogP contribution is -2.38. The molecule has 0 spiro atoms. The quantitative estimate of drug-likeness (QED) is 0.899. The fraction of sp³-hybridized carbons (Fsp3) is 0.385. The fourth-order valence-electron chi connectivity index (χ4n) is 2.14. The second kappa shape index (κ2) is 6.32. The Balaban J connectivity index is 2.00. The van der Waals surface area contributed by atoms with E-state index >= 15 is 0 Å². The summed E-state index contributed by atoms with van der Waals surface area (Å²) < 4.78 is 19.1. The molecule has 0 fully saturated rings. The molecule has 1 aromatic rings. The SMILES string of the molecule is O=C(O)COCC(=O)N1CCc2c(F)cc(Br)cc2C1. The average Bonchev–Trinajstić information content (AvgIpc) is 2.37. The Bertz CT molecular complexity index is 549. The Morgan fingerprint density at radius 3 is 2.85 bits per heavy atom. The van der Waals surface area contributed by atoms with E-state index in [0.717, 1.165) is 5.56 Å². The summed E-state index contributed by atoms with van der Waals surface area (Å²) in [4.78, 5) is 23.7. The Kier molecular flexibility index (Phi) is 4.72. The lowest BCUT2D eigenvalue weighted by atomic mass is 9.99. The maximum Gasteiger partial charge on any atom is 0.329 e. The molecule has 1 N–H and O–H groups in total. The summed E-state index contributed by atoms with van der Waals surface area (Å²) in [5.41, 5.74) is 1.39. The van der Waals surface area contributed by atoms with Crippen LogP contribution in [0.3, 0.4) is 0 Å². The minimum absolute atomic E-state index is 0.274. The summed E-state index contributed by atoms with van der Waals surface area (Å²) in [6.45, 7) is -0.0732. The number of carboxylic acids is 1. The third-order valence-electron chi connectivity index (χ3n) is 3.05. The van der Waals surface area contributed by atoms with Crippen LogP contribution in [0.1, 0.15) is 11.1 Å². The van der Waals surface area contributed by atoms with Gasteiger partial charge in [0.2, 0.25) is 5.91 Å². The number of benzene rings is 1. The van der Waals surface area contributed by atoms with Gasteiger partial charge in [-0.3, -0.25) is 4.79 Å². The van der Waals surface area contributed by atoms with Gasteiger partial charge in [-0.25, -0.2) is 9.18 Å². The minimum Gasteiger partial charge on any atom is -0.480 e. The van der Waals surface area contributed by atoms with Crippen molar-refractivity contribution in [2.45, 2.75) is 13.0 Å². The first kappa shape index (κ1) is 14.9. The molecule has 1 aromatic carbocycles. The Morgan fingerprint density at radius 1 is 1.40 bits per heavy atom. The predicted molar refractivity (Wildman–Crippen MR) is 71.7 cm³/mol. The number of nitrogens with zero attached hydrogens (tertiary/aromatic N) is 1. The highest BCUT2D eigenvalue weighted by atomic mass is 79.9. The van der Waals surface area contributed by atoms with E-state index < -0.39 is 12.6 Å². The Labute approximate surface area is 123 Å². The van der Waals surface area contributed by atoms with Crippen LogP contribution in [0.15, 0.2) is 16.6 Å². The molecule has 1 heterocycles. The maximum absolute atomic E-state index is 13.7. The van der Waals surface area contributed by atoms with Crippen molar-refractivity contribution in [3.63, 3.8) is 0 Å². The van der Waals surface area contributed by atoms with Crippen LogP contribution < -0.4 is 0 Å². The zero-order chi connectivity index (χ0) is 14.7. The molecule has 20 heavy (non-hydrogen) atoms. The van der Waals surface area contributed by atoms with E-state index in [9.17, 15) is 14.0 Å². The largest absolute Gasteiger partial charge is 0.480 e. The number of carbonyl (C=O) groups excluding carboxylic acids is 1. The fourth-order valence-corrected chi connectivity index (χ4v) is 2.62. The lowest BCUT2D eigenvalue weighted by molar-refractivity contribution is -0.146. The number of halogens is 2. The highest BCUT2D eigenvalue weighted by Crippen LogP contribution is 2.25. The molecule has 0 saturated heterocycles. The number of aliphatic carboxylic acids is 1. The second-order valence-corrected chi connectivity index (χ2v) is 5.39. The third kappa shape index (κ3) is 3.55. The van der Waals surface area contributed by atoms with Gasteiger partial charge in [0.25, 0.3) is 0 Å². The van der Waals surface area contributed by atoms with Crippen LogP contribution in [0.4, 0.5) is 4.39 Å². The van der Waals surface area contributed by atoms with Gasteiger partial charge in [0, 0.05) is 17.6 Å². The first-order valence-electron chi connectivity index (χ1n) is 6.01. The Hall–Kier alpha value is -1.47. The van der Waals surface area contributed by atoms with Crippen molar-refractivity contribution >= 4 is 27.8 Å². The molecule has 7 heteroatoms. The average molecular weight is 346 g/mol. The number of carbonyl (C=O) groups is 2. The van der Waals surface area contributed by atoms with E-state index in [1.165, 1.54) is 11.0 Å². The Morgan fingerprint density at radius 2 is 2.15 bits per heavy atom. The zero-order valence-electron chi connectivity index (χ0n) is 10.6. The third-order valence-corrected chi connectivity index (χ3v) is 3.51. The van der Waals surface area contributed by atoms with Gasteiger partial charge >= 0.3 is 5.97 Å². The van der Waals surface area contributed by atoms with Crippen molar-refractivity contribution in [1.29, 1.82) is 0 Å². The maximum atomic E-state index is 13.7. The summed E-state index contributed by atoms with van der Waals surface area (Å²) in [5.74, 6) is -1.69. The predicted octanol–water partition coefficient (Wildman–Crippen LogP) is 1.57. The van der Waals surface area contributed by atoms with Crippen molar-refractivity contribution in [3.05, 3.63) is 33.5 Å². The molecule has 0 aromatic heterocycles. The van der Waals surface area contributed by atoms with Gasteiger partial charge in [0.05, 0.1) is 0 Å². The molecule has 1 amide bonds. The van der Waals surface area contributed by atoms with Crippen molar-refractivity contribution in [2.75, 3.05) is 19.8 Å². The van der Waals surface area contributed by atoms with Gasteiger partial charge in [-0.2, -0.15) is 0 Å². The van der Waals surface area contributed by atoms with Crippen molar-refractivity contribution in [3.8, 4) is 0 Å². The molecule has 1 aliphatic heterocycles. The van der Waals surface area contributed by atoms with Crippen LogP contribution in [0, 0.1) is 5.82 Å². The van der Waals surface area contributed by atoms with E-state index in [0.29, 0.717) is 29.5 Å². The summed E-state index contributed by atoms with van der Waals surface area (Å²) in [5, 5.41) is 8.43. The van der Waals surface area contributed by atoms with Gasteiger partial charge in [0.15, 0.2) is 0 Å². The van der Waals surface area contributed by atoms with Crippen LogP contribution >= 0.6 is 15.9 Å². The molecule has 0 atom stereocenters. The summed E-state index contributed by atoms with van der Waals surface area (Å²) >= 11 is 3.22. The van der Waals surface area contributed by atoms with Crippen LogP contribution in [-0.2, 0) is 27.3 Å². The summed E-state index contributed by atoms with van der Waals surface area (Å²) in [6.07, 6.45) is 0.444. The van der Waals surface area contributed by atoms with Gasteiger partial charge in [-0.05, 0) is 29.7 Å². The highest BCUT2D eigenvalue weighted by Gasteiger charge is 2.23. The molecule has 0 radical (unpaired) electrons. The van der Waals surface area contributed by atoms with E-state index in [2.05, 4.69) is 15.9 Å². The van der Waals surface area contributed by atoms with Gasteiger partial charge < -0.3 is 14.7 Å². The molecule has 1 aliphatic rings. The van der Waals surface area contributed by atoms with Crippen LogP contribution in [0.2, 0.25) is 0 Å². The topological polar surface area (TPSA) is 66.8 Å². The first-order valence-corrected chi connectivity index (χ1v) is 6.81. The lowest BCUT2D eigenvalue weighted by Gasteiger charge is -2.29. The van der Waals surface area contributed by atoms with Crippen LogP contribution in [0.5, 0.6) is 0 Å². The second-order valence-electron chi connectivity index (χ2n) is 4.48. The van der Waals surface area contributed by atoms with Gasteiger partial charge in [-0.15, -0.1) is 0 Å². The van der Waals surface area contributed by atoms with Crippen molar-refractivity contribution in [1.82, 2.24) is 4.90 Å². The molecule has 0 aliphatic carbocycles. The highest BCUT2D eigenvalue weighted by molar-refractivity contribution is 9.10. The van der Waals surface area contributed by atoms with E-state index in [-0.39, 0.29) is 18.3 Å². The summed E-state index contributed by atoms with van der Waals surface area (Å²) in [6, 6.07) is 3.20. The van der Waals surface area contributed by atoms with E-state index in [1.807, 2.05) is 0 Å². The molecule has 2 rings (SSSR count). The van der Waals surface area contributed by atoms with Crippen LogP contribution in [-0.4, -0.2) is 41.6 Å². The van der Waals surface area contributed by atoms with Crippen molar-refractivity contribution in [2.24, 2.45) is 0 Å². The van der Waals surface area contributed by atoms with E-state index in [1.54, 1.807) is 6.07 Å². The molecule has 5 nitrogen and oxygen atoms in total. The van der Waals surface area contributed by atoms with Crippen LogP contribution in [0.25, 0.3) is 0 Å². The number of carboxylic acid groups (broad SMARTS) is 1. The molecular weight excluding hydrogens is 333 g/mol. The number of hydrogen-bond donors (Lipinski definition) is 1. The number of amides is 1. The number of rotatable bonds is 4.